The summed E-state index contributed by atoms with van der Waals surface area (Å²) in [5.41, 5.74) is 9.15. The molecule has 10 aromatic rings. The molecule has 0 spiro atoms. The summed E-state index contributed by atoms with van der Waals surface area (Å²) in [4.78, 5) is 5.22. The molecule has 4 aromatic heterocycles. The van der Waals surface area contributed by atoms with E-state index in [1.807, 2.05) is 18.2 Å². The van der Waals surface area contributed by atoms with Crippen LogP contribution in [0, 0.1) is 0 Å². The maximum absolute atomic E-state index is 6.33. The molecule has 0 amide bonds. The summed E-state index contributed by atoms with van der Waals surface area (Å²) >= 11 is 1.71. The van der Waals surface area contributed by atoms with Gasteiger partial charge >= 0.3 is 0 Å². The summed E-state index contributed by atoms with van der Waals surface area (Å²) in [6.45, 7) is 0. The predicted octanol–water partition coefficient (Wildman–Crippen LogP) is 10.9. The van der Waals surface area contributed by atoms with Crippen molar-refractivity contribution in [1.82, 2.24) is 9.55 Å². The van der Waals surface area contributed by atoms with E-state index in [2.05, 4.69) is 108 Å². The third-order valence-corrected chi connectivity index (χ3v) is 9.52. The molecule has 0 unspecified atom stereocenters. The van der Waals surface area contributed by atoms with Crippen molar-refractivity contribution in [2.45, 2.75) is 0 Å². The van der Waals surface area contributed by atoms with Crippen molar-refractivity contribution in [3.8, 4) is 16.3 Å². The summed E-state index contributed by atoms with van der Waals surface area (Å²) in [6, 6.07) is 42.3. The van der Waals surface area contributed by atoms with E-state index < -0.39 is 0 Å². The predicted molar refractivity (Wildman–Crippen MR) is 174 cm³/mol. The smallest absolute Gasteiger partial charge is 0.195 e. The van der Waals surface area contributed by atoms with Gasteiger partial charge in [0.05, 0.1) is 21.3 Å². The second kappa shape index (κ2) is 8.09. The lowest BCUT2D eigenvalue weighted by Crippen LogP contribution is -1.92. The number of rotatable bonds is 2. The van der Waals surface area contributed by atoms with Gasteiger partial charge in [0, 0.05) is 32.3 Å². The van der Waals surface area contributed by atoms with Crippen molar-refractivity contribution < 1.29 is 8.83 Å². The zero-order chi connectivity index (χ0) is 27.4. The fourth-order valence-corrected chi connectivity index (χ4v) is 7.68. The molecule has 0 saturated heterocycles. The Hall–Kier alpha value is -5.39. The van der Waals surface area contributed by atoms with Gasteiger partial charge in [0.15, 0.2) is 5.13 Å². The molecule has 196 valence electrons. The van der Waals surface area contributed by atoms with Gasteiger partial charge in [0.25, 0.3) is 0 Å². The molecule has 5 heteroatoms. The molecule has 0 saturated carbocycles. The first-order chi connectivity index (χ1) is 20.8. The second-order valence-corrected chi connectivity index (χ2v) is 11.8. The average Bonchev–Trinajstić information content (AvgIpc) is 3.79. The Morgan fingerprint density at radius 1 is 0.500 bits per heavy atom. The van der Waals surface area contributed by atoms with Gasteiger partial charge in [-0.25, -0.2) is 4.98 Å². The zero-order valence-corrected chi connectivity index (χ0v) is 23.0. The summed E-state index contributed by atoms with van der Waals surface area (Å²) in [5.74, 6) is 0. The van der Waals surface area contributed by atoms with Crippen molar-refractivity contribution >= 4 is 87.2 Å². The number of para-hydroxylation sites is 2. The molecule has 0 radical (unpaired) electrons. The van der Waals surface area contributed by atoms with Crippen LogP contribution in [-0.2, 0) is 0 Å². The Morgan fingerprint density at radius 3 is 2.19 bits per heavy atom. The van der Waals surface area contributed by atoms with Crippen LogP contribution in [0.25, 0.3) is 92.2 Å². The van der Waals surface area contributed by atoms with Gasteiger partial charge in [-0.15, -0.1) is 0 Å². The lowest BCUT2D eigenvalue weighted by molar-refractivity contribution is 0.669. The first-order valence-electron chi connectivity index (χ1n) is 14.0. The van der Waals surface area contributed by atoms with Crippen LogP contribution >= 0.6 is 11.3 Å². The molecule has 4 heterocycles. The average molecular weight is 557 g/mol. The van der Waals surface area contributed by atoms with Crippen molar-refractivity contribution in [3.63, 3.8) is 0 Å². The number of thiazole rings is 1. The quantitative estimate of drug-likeness (QED) is 0.213. The molecule has 10 rings (SSSR count). The van der Waals surface area contributed by atoms with Gasteiger partial charge in [0.1, 0.15) is 22.3 Å². The van der Waals surface area contributed by atoms with Crippen molar-refractivity contribution in [3.05, 3.63) is 121 Å². The van der Waals surface area contributed by atoms with Crippen LogP contribution in [0.4, 0.5) is 0 Å². The van der Waals surface area contributed by atoms with Crippen LogP contribution < -0.4 is 0 Å². The summed E-state index contributed by atoms with van der Waals surface area (Å²) in [7, 11) is 0. The van der Waals surface area contributed by atoms with Crippen molar-refractivity contribution in [2.24, 2.45) is 0 Å². The molecular weight excluding hydrogens is 536 g/mol. The van der Waals surface area contributed by atoms with Gasteiger partial charge in [-0.2, -0.15) is 0 Å². The Balaban J connectivity index is 1.28. The molecule has 0 aliphatic carbocycles. The molecular formula is C37H20N2O2S. The third kappa shape index (κ3) is 2.98. The SMILES string of the molecule is c1ccc(-c2ccc3oc4ccc5nc(-n6c7ccccc7c7cc8oc9ccccc9c8cc76)sc5c4c3c2)cc1. The number of aromatic nitrogens is 2. The number of hydrogen-bond donors (Lipinski definition) is 0. The lowest BCUT2D eigenvalue weighted by Gasteiger charge is -2.03. The van der Waals surface area contributed by atoms with Gasteiger partial charge in [-0.3, -0.25) is 4.57 Å². The number of furan rings is 2. The minimum absolute atomic E-state index is 0.881. The molecule has 6 aromatic carbocycles. The highest BCUT2D eigenvalue weighted by molar-refractivity contribution is 7.22. The van der Waals surface area contributed by atoms with Gasteiger partial charge in [-0.1, -0.05) is 84.1 Å². The molecule has 4 nitrogen and oxygen atoms in total. The molecule has 42 heavy (non-hydrogen) atoms. The Labute approximate surface area is 242 Å². The normalized spacial score (nSPS) is 12.3. The zero-order valence-electron chi connectivity index (χ0n) is 22.2. The van der Waals surface area contributed by atoms with Crippen LogP contribution in [-0.4, -0.2) is 9.55 Å². The maximum atomic E-state index is 6.33. The van der Waals surface area contributed by atoms with E-state index in [0.717, 1.165) is 75.6 Å². The minimum atomic E-state index is 0.881. The minimum Gasteiger partial charge on any atom is -0.456 e. The first kappa shape index (κ1) is 22.3. The second-order valence-electron chi connectivity index (χ2n) is 10.8. The van der Waals surface area contributed by atoms with Gasteiger partial charge < -0.3 is 8.83 Å². The first-order valence-corrected chi connectivity index (χ1v) is 14.8. The van der Waals surface area contributed by atoms with E-state index in [4.69, 9.17) is 13.8 Å². The van der Waals surface area contributed by atoms with Gasteiger partial charge in [0.2, 0.25) is 0 Å². The van der Waals surface area contributed by atoms with E-state index in [-0.39, 0.29) is 0 Å². The monoisotopic (exact) mass is 556 g/mol. The van der Waals surface area contributed by atoms with Crippen LogP contribution in [0.3, 0.4) is 0 Å². The highest BCUT2D eigenvalue weighted by Gasteiger charge is 2.20. The Morgan fingerprint density at radius 2 is 1.26 bits per heavy atom. The van der Waals surface area contributed by atoms with Crippen LogP contribution in [0.2, 0.25) is 0 Å². The number of fused-ring (bicyclic) bond motifs is 11. The largest absolute Gasteiger partial charge is 0.456 e. The topological polar surface area (TPSA) is 44.1 Å². The molecule has 0 aliphatic heterocycles. The molecule has 0 bridgehead atoms. The summed E-state index contributed by atoms with van der Waals surface area (Å²) in [5, 5.41) is 7.73. The fraction of sp³-hybridized carbons (Fsp3) is 0. The third-order valence-electron chi connectivity index (χ3n) is 8.45. The highest BCUT2D eigenvalue weighted by Crippen LogP contribution is 2.43. The lowest BCUT2D eigenvalue weighted by atomic mass is 10.0. The molecule has 0 atom stereocenters. The van der Waals surface area contributed by atoms with E-state index in [1.54, 1.807) is 11.3 Å². The van der Waals surface area contributed by atoms with Crippen molar-refractivity contribution in [2.75, 3.05) is 0 Å². The molecule has 0 N–H and O–H groups in total. The van der Waals surface area contributed by atoms with E-state index in [0.29, 0.717) is 0 Å². The summed E-state index contributed by atoms with van der Waals surface area (Å²) in [6.07, 6.45) is 0. The van der Waals surface area contributed by atoms with Gasteiger partial charge in [-0.05, 0) is 59.7 Å². The van der Waals surface area contributed by atoms with E-state index >= 15 is 0 Å². The Bertz CT molecular complexity index is 2690. The highest BCUT2D eigenvalue weighted by atomic mass is 32.1. The fourth-order valence-electron chi connectivity index (χ4n) is 6.53. The molecule has 0 fully saturated rings. The van der Waals surface area contributed by atoms with Crippen LogP contribution in [0.1, 0.15) is 0 Å². The van der Waals surface area contributed by atoms with Crippen molar-refractivity contribution in [1.29, 1.82) is 0 Å². The van der Waals surface area contributed by atoms with Crippen LogP contribution in [0.5, 0.6) is 0 Å². The summed E-state index contributed by atoms with van der Waals surface area (Å²) < 4.78 is 16.0. The van der Waals surface area contributed by atoms with E-state index in [1.165, 1.54) is 16.5 Å². The van der Waals surface area contributed by atoms with E-state index in [9.17, 15) is 0 Å². The number of nitrogens with zero attached hydrogens (tertiary/aromatic N) is 2. The number of hydrogen-bond acceptors (Lipinski definition) is 4. The van der Waals surface area contributed by atoms with Crippen LogP contribution in [0.15, 0.2) is 130 Å². The standard InChI is InChI=1S/C37H20N2O2S/c1-2-8-21(9-3-1)22-14-16-32-27(18-22)35-33(40-32)17-15-28-36(35)42-37(38-28)39-29-12-6-4-10-23(29)25-20-34-26(19-30(25)39)24-11-5-7-13-31(24)41-34/h1-20H. The number of benzene rings is 6. The molecule has 0 aliphatic rings. The maximum Gasteiger partial charge on any atom is 0.195 e. The Kier molecular flexibility index (Phi) is 4.30.